The van der Waals surface area contributed by atoms with Crippen molar-refractivity contribution in [2.45, 2.75) is 0 Å². The van der Waals surface area contributed by atoms with Crippen molar-refractivity contribution < 1.29 is 4.92 Å². The molecule has 1 heterocycles. The summed E-state index contributed by atoms with van der Waals surface area (Å²) in [5.74, 6) is 0. The summed E-state index contributed by atoms with van der Waals surface area (Å²) in [6.45, 7) is 0. The van der Waals surface area contributed by atoms with E-state index in [9.17, 15) is 10.1 Å². The lowest BCUT2D eigenvalue weighted by Crippen LogP contribution is -1.96. The van der Waals surface area contributed by atoms with E-state index >= 15 is 0 Å². The molecule has 0 fully saturated rings. The molecule has 0 radical (unpaired) electrons. The van der Waals surface area contributed by atoms with Gasteiger partial charge in [0.15, 0.2) is 0 Å². The van der Waals surface area contributed by atoms with Crippen molar-refractivity contribution in [1.82, 2.24) is 4.98 Å². The van der Waals surface area contributed by atoms with Crippen molar-refractivity contribution in [1.29, 1.82) is 0 Å². The Bertz CT molecular complexity index is 992. The third kappa shape index (κ3) is 3.44. The fourth-order valence-corrected chi connectivity index (χ4v) is 3.17. The van der Waals surface area contributed by atoms with E-state index in [4.69, 9.17) is 46.4 Å². The van der Waals surface area contributed by atoms with E-state index in [0.29, 0.717) is 37.5 Å². The molecule has 0 unspecified atom stereocenters. The van der Waals surface area contributed by atoms with Crippen LogP contribution in [0, 0.1) is 10.1 Å². The Morgan fingerprint density at radius 3 is 2.00 bits per heavy atom. The van der Waals surface area contributed by atoms with Crippen LogP contribution in [0.25, 0.3) is 22.4 Å². The van der Waals surface area contributed by atoms with Gasteiger partial charge in [-0.3, -0.25) is 10.1 Å². The largest absolute Gasteiger partial charge is 0.295 e. The number of rotatable bonds is 3. The second kappa shape index (κ2) is 7.18. The summed E-state index contributed by atoms with van der Waals surface area (Å²) >= 11 is 24.6. The normalized spacial score (nSPS) is 10.7. The van der Waals surface area contributed by atoms with E-state index in [-0.39, 0.29) is 10.7 Å². The second-order valence-corrected chi connectivity index (χ2v) is 6.62. The van der Waals surface area contributed by atoms with Crippen LogP contribution in [0.4, 0.5) is 5.69 Å². The van der Waals surface area contributed by atoms with Gasteiger partial charge in [0.1, 0.15) is 6.20 Å². The monoisotopic (exact) mass is 412 g/mol. The summed E-state index contributed by atoms with van der Waals surface area (Å²) in [6, 6.07) is 11.6. The highest BCUT2D eigenvalue weighted by molar-refractivity contribution is 6.44. The fourth-order valence-electron chi connectivity index (χ4n) is 2.37. The molecule has 0 amide bonds. The van der Waals surface area contributed by atoms with Crippen LogP contribution in [-0.2, 0) is 0 Å². The molecule has 0 aliphatic carbocycles. The first-order valence-electron chi connectivity index (χ1n) is 6.93. The molecule has 2 aromatic carbocycles. The summed E-state index contributed by atoms with van der Waals surface area (Å²) in [6.07, 6.45) is 1.17. The van der Waals surface area contributed by atoms with E-state index in [1.807, 2.05) is 0 Å². The van der Waals surface area contributed by atoms with Gasteiger partial charge in [0.2, 0.25) is 0 Å². The third-order valence-electron chi connectivity index (χ3n) is 3.55. The fraction of sp³-hybridized carbons (Fsp3) is 0. The zero-order valence-corrected chi connectivity index (χ0v) is 15.4. The van der Waals surface area contributed by atoms with Crippen LogP contribution in [0.5, 0.6) is 0 Å². The molecule has 126 valence electrons. The Hall–Kier alpha value is -1.85. The molecule has 1 aromatic heterocycles. The molecule has 0 saturated heterocycles. The number of benzene rings is 2. The molecular weight excluding hydrogens is 406 g/mol. The van der Waals surface area contributed by atoms with Crippen molar-refractivity contribution in [2.75, 3.05) is 0 Å². The standard InChI is InChI=1S/C17H8Cl4N2O2/c18-12-5-1-3-9(16(12)20)11-7-14(22-8-15(11)23(24)25)10-4-2-6-13(19)17(10)21/h1-8H. The number of nitro groups is 1. The van der Waals surface area contributed by atoms with Crippen molar-refractivity contribution >= 4 is 52.1 Å². The van der Waals surface area contributed by atoms with Gasteiger partial charge in [-0.1, -0.05) is 70.7 Å². The van der Waals surface area contributed by atoms with Gasteiger partial charge >= 0.3 is 0 Å². The highest BCUT2D eigenvalue weighted by atomic mass is 35.5. The number of hydrogen-bond donors (Lipinski definition) is 0. The average Bonchev–Trinajstić information content (AvgIpc) is 2.59. The summed E-state index contributed by atoms with van der Waals surface area (Å²) in [5, 5.41) is 12.6. The summed E-state index contributed by atoms with van der Waals surface area (Å²) in [4.78, 5) is 15.0. The van der Waals surface area contributed by atoms with Crippen LogP contribution in [-0.4, -0.2) is 9.91 Å². The van der Waals surface area contributed by atoms with Gasteiger partial charge in [-0.25, -0.2) is 4.98 Å². The van der Waals surface area contributed by atoms with Crippen LogP contribution in [0.1, 0.15) is 0 Å². The first kappa shape index (κ1) is 18.0. The minimum atomic E-state index is -0.525. The molecule has 8 heteroatoms. The number of nitrogens with zero attached hydrogens (tertiary/aromatic N) is 2. The lowest BCUT2D eigenvalue weighted by Gasteiger charge is -2.10. The number of halogens is 4. The van der Waals surface area contributed by atoms with Crippen LogP contribution in [0.15, 0.2) is 48.7 Å². The highest BCUT2D eigenvalue weighted by Crippen LogP contribution is 2.40. The Balaban J connectivity index is 2.28. The molecule has 4 nitrogen and oxygen atoms in total. The molecule has 3 aromatic rings. The van der Waals surface area contributed by atoms with Gasteiger partial charge in [0, 0.05) is 11.1 Å². The SMILES string of the molecule is O=[N+]([O-])c1cnc(-c2cccc(Cl)c2Cl)cc1-c1cccc(Cl)c1Cl. The minimum absolute atomic E-state index is 0.189. The molecular formula is C17H8Cl4N2O2. The van der Waals surface area contributed by atoms with Crippen molar-refractivity contribution in [2.24, 2.45) is 0 Å². The Morgan fingerprint density at radius 2 is 1.40 bits per heavy atom. The van der Waals surface area contributed by atoms with Gasteiger partial charge < -0.3 is 0 Å². The maximum absolute atomic E-state index is 11.4. The van der Waals surface area contributed by atoms with Gasteiger partial charge in [-0.15, -0.1) is 0 Å². The Labute approximate surface area is 163 Å². The van der Waals surface area contributed by atoms with E-state index in [0.717, 1.165) is 0 Å². The summed E-state index contributed by atoms with van der Waals surface area (Å²) in [7, 11) is 0. The Kier molecular flexibility index (Phi) is 5.16. The smallest absolute Gasteiger partial charge is 0.258 e. The summed E-state index contributed by atoms with van der Waals surface area (Å²) in [5.41, 5.74) is 1.53. The van der Waals surface area contributed by atoms with Crippen LogP contribution in [0.2, 0.25) is 20.1 Å². The van der Waals surface area contributed by atoms with Gasteiger partial charge in [0.25, 0.3) is 5.69 Å². The van der Waals surface area contributed by atoms with Crippen LogP contribution in [0.3, 0.4) is 0 Å². The van der Waals surface area contributed by atoms with E-state index < -0.39 is 4.92 Å². The lowest BCUT2D eigenvalue weighted by atomic mass is 10.0. The first-order valence-corrected chi connectivity index (χ1v) is 8.44. The zero-order chi connectivity index (χ0) is 18.1. The number of pyridine rings is 1. The lowest BCUT2D eigenvalue weighted by molar-refractivity contribution is -0.384. The quantitative estimate of drug-likeness (QED) is 0.345. The number of hydrogen-bond acceptors (Lipinski definition) is 3. The Morgan fingerprint density at radius 1 is 0.840 bits per heavy atom. The van der Waals surface area contributed by atoms with E-state index in [1.165, 1.54) is 6.20 Å². The molecule has 25 heavy (non-hydrogen) atoms. The molecule has 0 N–H and O–H groups in total. The third-order valence-corrected chi connectivity index (χ3v) is 5.19. The predicted molar refractivity (Wildman–Crippen MR) is 102 cm³/mol. The molecule has 0 atom stereocenters. The second-order valence-electron chi connectivity index (χ2n) is 5.05. The maximum atomic E-state index is 11.4. The summed E-state index contributed by atoms with van der Waals surface area (Å²) < 4.78 is 0. The van der Waals surface area contributed by atoms with Gasteiger partial charge in [0.05, 0.1) is 36.3 Å². The van der Waals surface area contributed by atoms with Crippen LogP contribution >= 0.6 is 46.4 Å². The van der Waals surface area contributed by atoms with Crippen molar-refractivity contribution in [3.63, 3.8) is 0 Å². The number of aromatic nitrogens is 1. The molecule has 0 aliphatic heterocycles. The average molecular weight is 414 g/mol. The van der Waals surface area contributed by atoms with E-state index in [2.05, 4.69) is 4.98 Å². The van der Waals surface area contributed by atoms with E-state index in [1.54, 1.807) is 42.5 Å². The zero-order valence-electron chi connectivity index (χ0n) is 12.3. The molecule has 0 aliphatic rings. The highest BCUT2D eigenvalue weighted by Gasteiger charge is 2.21. The van der Waals surface area contributed by atoms with Gasteiger partial charge in [-0.2, -0.15) is 0 Å². The topological polar surface area (TPSA) is 56.0 Å². The van der Waals surface area contributed by atoms with Crippen molar-refractivity contribution in [3.05, 3.63) is 78.9 Å². The molecule has 0 spiro atoms. The van der Waals surface area contributed by atoms with Gasteiger partial charge in [-0.05, 0) is 18.2 Å². The van der Waals surface area contributed by atoms with Crippen molar-refractivity contribution in [3.8, 4) is 22.4 Å². The predicted octanol–water partition coefficient (Wildman–Crippen LogP) is 6.94. The maximum Gasteiger partial charge on any atom is 0.295 e. The molecule has 0 saturated carbocycles. The van der Waals surface area contributed by atoms with Crippen LogP contribution < -0.4 is 0 Å². The minimum Gasteiger partial charge on any atom is -0.258 e. The first-order chi connectivity index (χ1) is 11.9. The molecule has 0 bridgehead atoms. The molecule has 3 rings (SSSR count).